The fourth-order valence-electron chi connectivity index (χ4n) is 3.14. The molecule has 0 N–H and O–H groups in total. The fraction of sp³-hybridized carbons (Fsp3) is 0.294. The van der Waals surface area contributed by atoms with E-state index in [1.165, 1.54) is 4.90 Å². The maximum absolute atomic E-state index is 12.4. The monoisotopic (exact) mass is 323 g/mol. The summed E-state index contributed by atoms with van der Waals surface area (Å²) in [5.74, 6) is 0.455. The highest BCUT2D eigenvalue weighted by molar-refractivity contribution is 6.21. The molecule has 2 aliphatic rings. The Hall–Kier alpha value is -2.80. The molecule has 0 saturated carbocycles. The molecule has 7 heteroatoms. The molecule has 4 rings (SSSR count). The van der Waals surface area contributed by atoms with E-state index in [1.54, 1.807) is 42.9 Å². The quantitative estimate of drug-likeness (QED) is 0.780. The first kappa shape index (κ1) is 14.8. The van der Waals surface area contributed by atoms with Crippen molar-refractivity contribution in [2.24, 2.45) is 0 Å². The van der Waals surface area contributed by atoms with Crippen LogP contribution in [0.4, 0.5) is 5.82 Å². The predicted molar refractivity (Wildman–Crippen MR) is 87.6 cm³/mol. The van der Waals surface area contributed by atoms with Crippen LogP contribution in [0.5, 0.6) is 0 Å². The molecule has 0 radical (unpaired) electrons. The van der Waals surface area contributed by atoms with Gasteiger partial charge in [-0.2, -0.15) is 0 Å². The maximum atomic E-state index is 12.4. The number of hydrogen-bond donors (Lipinski definition) is 0. The van der Waals surface area contributed by atoms with Crippen molar-refractivity contribution in [3.8, 4) is 0 Å². The normalized spacial score (nSPS) is 18.2. The molecule has 0 bridgehead atoms. The van der Waals surface area contributed by atoms with Gasteiger partial charge in [-0.05, 0) is 12.1 Å². The third-order valence-corrected chi connectivity index (χ3v) is 4.47. The second-order valence-corrected chi connectivity index (χ2v) is 5.89. The minimum Gasteiger partial charge on any atom is -0.353 e. The number of hydrogen-bond acceptors (Lipinski definition) is 6. The maximum Gasteiger partial charge on any atom is 0.262 e. The Morgan fingerprint density at radius 3 is 2.17 bits per heavy atom. The van der Waals surface area contributed by atoms with E-state index in [-0.39, 0.29) is 11.8 Å². The minimum atomic E-state index is -0.202. The summed E-state index contributed by atoms with van der Waals surface area (Å²) in [5, 5.41) is 0. The molecule has 2 amide bonds. The van der Waals surface area contributed by atoms with E-state index in [4.69, 9.17) is 0 Å². The number of piperazine rings is 1. The zero-order chi connectivity index (χ0) is 16.5. The van der Waals surface area contributed by atoms with Crippen LogP contribution in [0.25, 0.3) is 0 Å². The fourth-order valence-corrected chi connectivity index (χ4v) is 3.14. The number of amides is 2. The lowest BCUT2D eigenvalue weighted by atomic mass is 10.1. The van der Waals surface area contributed by atoms with Gasteiger partial charge in [-0.15, -0.1) is 0 Å². The van der Waals surface area contributed by atoms with Crippen LogP contribution < -0.4 is 4.90 Å². The molecule has 1 aromatic carbocycles. The Balaban J connectivity index is 1.40. The Bertz CT molecular complexity index is 737. The zero-order valence-corrected chi connectivity index (χ0v) is 13.1. The van der Waals surface area contributed by atoms with Crippen LogP contribution in [0.1, 0.15) is 20.7 Å². The second kappa shape index (κ2) is 6.01. The van der Waals surface area contributed by atoms with Gasteiger partial charge in [0.05, 0.1) is 24.0 Å². The van der Waals surface area contributed by atoms with Crippen molar-refractivity contribution in [1.82, 2.24) is 19.8 Å². The minimum absolute atomic E-state index is 0.202. The molecule has 0 aliphatic carbocycles. The summed E-state index contributed by atoms with van der Waals surface area (Å²) in [6, 6.07) is 6.99. The van der Waals surface area contributed by atoms with E-state index in [1.807, 2.05) is 0 Å². The topological polar surface area (TPSA) is 69.6 Å². The van der Waals surface area contributed by atoms with E-state index in [0.717, 1.165) is 32.0 Å². The lowest BCUT2D eigenvalue weighted by Crippen LogP contribution is -2.51. The van der Waals surface area contributed by atoms with Crippen LogP contribution in [0.15, 0.2) is 42.9 Å². The van der Waals surface area contributed by atoms with Crippen LogP contribution in [-0.2, 0) is 0 Å². The number of carbonyl (C=O) groups is 2. The largest absolute Gasteiger partial charge is 0.353 e. The Labute approximate surface area is 139 Å². The van der Waals surface area contributed by atoms with Crippen molar-refractivity contribution in [2.45, 2.75) is 0 Å². The van der Waals surface area contributed by atoms with Crippen LogP contribution in [0.2, 0.25) is 0 Å². The van der Waals surface area contributed by atoms with Gasteiger partial charge in [0.15, 0.2) is 0 Å². The SMILES string of the molecule is O=C1c2ccccc2C(=O)N1CN1CCN(c2cnccn2)CC1. The summed E-state index contributed by atoms with van der Waals surface area (Å²) in [5.41, 5.74) is 1.00. The molecule has 1 saturated heterocycles. The smallest absolute Gasteiger partial charge is 0.262 e. The highest BCUT2D eigenvalue weighted by atomic mass is 16.2. The molecule has 1 fully saturated rings. The predicted octanol–water partition coefficient (Wildman–Crippen LogP) is 0.852. The highest BCUT2D eigenvalue weighted by Gasteiger charge is 2.36. The average molecular weight is 323 g/mol. The number of fused-ring (bicyclic) bond motifs is 1. The first-order valence-corrected chi connectivity index (χ1v) is 7.92. The molecule has 2 aromatic rings. The molecule has 1 aromatic heterocycles. The summed E-state index contributed by atoms with van der Waals surface area (Å²) < 4.78 is 0. The van der Waals surface area contributed by atoms with Crippen LogP contribution >= 0.6 is 0 Å². The molecule has 24 heavy (non-hydrogen) atoms. The molecule has 0 unspecified atom stereocenters. The van der Waals surface area contributed by atoms with Crippen molar-refractivity contribution in [3.63, 3.8) is 0 Å². The second-order valence-electron chi connectivity index (χ2n) is 5.89. The van der Waals surface area contributed by atoms with Gasteiger partial charge in [0, 0.05) is 38.6 Å². The third kappa shape index (κ3) is 2.52. The average Bonchev–Trinajstić information content (AvgIpc) is 2.88. The van der Waals surface area contributed by atoms with Crippen LogP contribution in [0, 0.1) is 0 Å². The Morgan fingerprint density at radius 1 is 0.917 bits per heavy atom. The molecular formula is C17H17N5O2. The zero-order valence-electron chi connectivity index (χ0n) is 13.1. The van der Waals surface area contributed by atoms with E-state index in [9.17, 15) is 9.59 Å². The first-order chi connectivity index (χ1) is 11.7. The molecule has 3 heterocycles. The highest BCUT2D eigenvalue weighted by Crippen LogP contribution is 2.23. The van der Waals surface area contributed by atoms with E-state index < -0.39 is 0 Å². The van der Waals surface area contributed by atoms with Crippen molar-refractivity contribution in [2.75, 3.05) is 37.7 Å². The summed E-state index contributed by atoms with van der Waals surface area (Å²) in [6.45, 7) is 3.46. The van der Waals surface area contributed by atoms with E-state index in [2.05, 4.69) is 19.8 Å². The lowest BCUT2D eigenvalue weighted by Gasteiger charge is -2.36. The standard InChI is InChI=1S/C17H17N5O2/c23-16-13-3-1-2-4-14(13)17(24)22(16)12-20-7-9-21(10-8-20)15-11-18-5-6-19-15/h1-6,11H,7-10,12H2. The summed E-state index contributed by atoms with van der Waals surface area (Å²) in [4.78, 5) is 38.8. The summed E-state index contributed by atoms with van der Waals surface area (Å²) in [7, 11) is 0. The number of aromatic nitrogens is 2. The van der Waals surface area contributed by atoms with Crippen molar-refractivity contribution < 1.29 is 9.59 Å². The van der Waals surface area contributed by atoms with Crippen molar-refractivity contribution in [1.29, 1.82) is 0 Å². The molecule has 2 aliphatic heterocycles. The van der Waals surface area contributed by atoms with Gasteiger partial charge < -0.3 is 4.90 Å². The van der Waals surface area contributed by atoms with Gasteiger partial charge in [0.1, 0.15) is 5.82 Å². The van der Waals surface area contributed by atoms with Gasteiger partial charge in [0.2, 0.25) is 0 Å². The summed E-state index contributed by atoms with van der Waals surface area (Å²) in [6.07, 6.45) is 5.09. The van der Waals surface area contributed by atoms with E-state index in [0.29, 0.717) is 17.8 Å². The number of imide groups is 1. The van der Waals surface area contributed by atoms with Crippen molar-refractivity contribution in [3.05, 3.63) is 54.0 Å². The first-order valence-electron chi connectivity index (χ1n) is 7.92. The number of benzene rings is 1. The molecule has 7 nitrogen and oxygen atoms in total. The van der Waals surface area contributed by atoms with E-state index >= 15 is 0 Å². The number of anilines is 1. The lowest BCUT2D eigenvalue weighted by molar-refractivity contribution is 0.0535. The third-order valence-electron chi connectivity index (χ3n) is 4.47. The van der Waals surface area contributed by atoms with Crippen LogP contribution in [-0.4, -0.2) is 64.4 Å². The van der Waals surface area contributed by atoms with Gasteiger partial charge in [-0.3, -0.25) is 24.4 Å². The van der Waals surface area contributed by atoms with Gasteiger partial charge in [-0.25, -0.2) is 4.98 Å². The molecular weight excluding hydrogens is 306 g/mol. The van der Waals surface area contributed by atoms with Gasteiger partial charge >= 0.3 is 0 Å². The van der Waals surface area contributed by atoms with Gasteiger partial charge in [-0.1, -0.05) is 12.1 Å². The summed E-state index contributed by atoms with van der Waals surface area (Å²) >= 11 is 0. The molecule has 0 spiro atoms. The number of nitrogens with zero attached hydrogens (tertiary/aromatic N) is 5. The Morgan fingerprint density at radius 2 is 1.58 bits per heavy atom. The van der Waals surface area contributed by atoms with Gasteiger partial charge in [0.25, 0.3) is 11.8 Å². The molecule has 122 valence electrons. The Kier molecular flexibility index (Phi) is 3.70. The number of rotatable bonds is 3. The molecule has 0 atom stereocenters. The number of carbonyl (C=O) groups excluding carboxylic acids is 2. The van der Waals surface area contributed by atoms with Crippen LogP contribution in [0.3, 0.4) is 0 Å². The van der Waals surface area contributed by atoms with Crippen molar-refractivity contribution >= 4 is 17.6 Å².